The van der Waals surface area contributed by atoms with Crippen molar-refractivity contribution < 1.29 is 18.0 Å². The minimum Gasteiger partial charge on any atom is -0.345 e. The normalized spacial score (nSPS) is 15.7. The molecule has 188 valence electrons. The number of carbonyl (C=O) groups is 2. The van der Waals surface area contributed by atoms with Crippen molar-refractivity contribution in [1.29, 1.82) is 0 Å². The van der Waals surface area contributed by atoms with Crippen LogP contribution < -0.4 is 10.6 Å². The maximum absolute atomic E-state index is 13.0. The Morgan fingerprint density at radius 3 is 2.19 bits per heavy atom. The molecule has 0 aromatic heterocycles. The summed E-state index contributed by atoms with van der Waals surface area (Å²) in [6.07, 6.45) is 0.774. The van der Waals surface area contributed by atoms with Gasteiger partial charge < -0.3 is 10.6 Å². The number of piperidine rings is 1. The fourth-order valence-electron chi connectivity index (χ4n) is 4.24. The molecule has 4 rings (SSSR count). The quantitative estimate of drug-likeness (QED) is 0.460. The van der Waals surface area contributed by atoms with Gasteiger partial charge in [-0.05, 0) is 61.7 Å². The number of carbonyl (C=O) groups excluding carboxylic acids is 2. The zero-order valence-electron chi connectivity index (χ0n) is 19.9. The molecule has 2 N–H and O–H groups in total. The number of nitrogens with one attached hydrogen (secondary N) is 2. The Morgan fingerprint density at radius 1 is 0.917 bits per heavy atom. The Balaban J connectivity index is 1.38. The molecule has 0 aliphatic carbocycles. The van der Waals surface area contributed by atoms with Crippen LogP contribution in [0.2, 0.25) is 5.02 Å². The maximum Gasteiger partial charge on any atom is 0.253 e. The predicted octanol–water partition coefficient (Wildman–Crippen LogP) is 4.87. The van der Waals surface area contributed by atoms with E-state index in [0.717, 1.165) is 5.56 Å². The Bertz CT molecular complexity index is 1320. The number of nitrogens with zero attached hydrogens (tertiary/aromatic N) is 1. The number of benzene rings is 3. The SMILES string of the molecule is C[C@@H](NC(=O)c1ccccc1NC(=O)C1CCN(S(=O)(=O)c2ccc(Cl)cc2)CC1)c1ccccc1. The summed E-state index contributed by atoms with van der Waals surface area (Å²) in [6.45, 7) is 2.37. The van der Waals surface area contributed by atoms with E-state index in [-0.39, 0.29) is 41.8 Å². The van der Waals surface area contributed by atoms with Crippen molar-refractivity contribution in [2.75, 3.05) is 18.4 Å². The number of anilines is 1. The zero-order chi connectivity index (χ0) is 25.7. The lowest BCUT2D eigenvalue weighted by Gasteiger charge is -2.30. The Hall–Kier alpha value is -3.20. The first-order valence-corrected chi connectivity index (χ1v) is 13.6. The van der Waals surface area contributed by atoms with Crippen LogP contribution in [0.3, 0.4) is 0 Å². The first-order chi connectivity index (χ1) is 17.3. The number of hydrogen-bond donors (Lipinski definition) is 2. The number of para-hydroxylation sites is 1. The lowest BCUT2D eigenvalue weighted by atomic mass is 9.97. The van der Waals surface area contributed by atoms with E-state index in [2.05, 4.69) is 10.6 Å². The Morgan fingerprint density at radius 2 is 1.53 bits per heavy atom. The van der Waals surface area contributed by atoms with E-state index in [1.165, 1.54) is 16.4 Å². The van der Waals surface area contributed by atoms with Gasteiger partial charge in [0.15, 0.2) is 0 Å². The molecule has 3 aromatic carbocycles. The average molecular weight is 526 g/mol. The van der Waals surface area contributed by atoms with Crippen molar-refractivity contribution in [3.63, 3.8) is 0 Å². The molecule has 7 nitrogen and oxygen atoms in total. The number of rotatable bonds is 7. The summed E-state index contributed by atoms with van der Waals surface area (Å²) in [7, 11) is -3.65. The van der Waals surface area contributed by atoms with E-state index < -0.39 is 10.0 Å². The monoisotopic (exact) mass is 525 g/mol. The molecule has 1 aliphatic heterocycles. The van der Waals surface area contributed by atoms with Gasteiger partial charge in [-0.15, -0.1) is 0 Å². The first-order valence-electron chi connectivity index (χ1n) is 11.8. The van der Waals surface area contributed by atoms with Crippen molar-refractivity contribution in [3.05, 3.63) is 95.0 Å². The van der Waals surface area contributed by atoms with Crippen LogP contribution in [-0.4, -0.2) is 37.6 Å². The van der Waals surface area contributed by atoms with Crippen molar-refractivity contribution in [2.24, 2.45) is 5.92 Å². The van der Waals surface area contributed by atoms with Gasteiger partial charge in [0.2, 0.25) is 15.9 Å². The van der Waals surface area contributed by atoms with Crippen molar-refractivity contribution >= 4 is 39.1 Å². The molecule has 0 bridgehead atoms. The molecule has 0 unspecified atom stereocenters. The smallest absolute Gasteiger partial charge is 0.253 e. The van der Waals surface area contributed by atoms with Crippen molar-refractivity contribution in [2.45, 2.75) is 30.7 Å². The molecule has 0 spiro atoms. The third kappa shape index (κ3) is 5.95. The minimum atomic E-state index is -3.65. The highest BCUT2D eigenvalue weighted by molar-refractivity contribution is 7.89. The molecule has 0 radical (unpaired) electrons. The zero-order valence-corrected chi connectivity index (χ0v) is 21.4. The molecule has 3 aromatic rings. The van der Waals surface area contributed by atoms with Crippen LogP contribution in [0.25, 0.3) is 0 Å². The fraction of sp³-hybridized carbons (Fsp3) is 0.259. The van der Waals surface area contributed by atoms with E-state index in [4.69, 9.17) is 11.6 Å². The van der Waals surface area contributed by atoms with Crippen molar-refractivity contribution in [3.8, 4) is 0 Å². The second kappa shape index (κ2) is 11.2. The van der Waals surface area contributed by atoms with Crippen LogP contribution >= 0.6 is 11.6 Å². The summed E-state index contributed by atoms with van der Waals surface area (Å²) in [5.74, 6) is -0.873. The summed E-state index contributed by atoms with van der Waals surface area (Å²) in [4.78, 5) is 26.2. The predicted molar refractivity (Wildman–Crippen MR) is 140 cm³/mol. The van der Waals surface area contributed by atoms with Gasteiger partial charge in [-0.25, -0.2) is 8.42 Å². The third-order valence-electron chi connectivity index (χ3n) is 6.35. The number of sulfonamides is 1. The van der Waals surface area contributed by atoms with E-state index in [1.807, 2.05) is 37.3 Å². The lowest BCUT2D eigenvalue weighted by molar-refractivity contribution is -0.120. The standard InChI is InChI=1S/C27H28ClN3O4S/c1-19(20-7-3-2-4-8-20)29-27(33)24-9-5-6-10-25(24)30-26(32)21-15-17-31(18-16-21)36(34,35)23-13-11-22(28)12-14-23/h2-14,19,21H,15-18H2,1H3,(H,29,33)(H,30,32)/t19-/m1/s1. The highest BCUT2D eigenvalue weighted by Crippen LogP contribution is 2.26. The molecule has 1 aliphatic rings. The maximum atomic E-state index is 13.0. The van der Waals surface area contributed by atoms with Crippen molar-refractivity contribution in [1.82, 2.24) is 9.62 Å². The number of amides is 2. The minimum absolute atomic E-state index is 0.180. The van der Waals surface area contributed by atoms with Gasteiger partial charge in [-0.2, -0.15) is 4.31 Å². The van der Waals surface area contributed by atoms with Gasteiger partial charge >= 0.3 is 0 Å². The summed E-state index contributed by atoms with van der Waals surface area (Å²) in [6, 6.07) is 22.4. The molecule has 1 atom stereocenters. The van der Waals surface area contributed by atoms with Gasteiger partial charge in [-0.1, -0.05) is 54.1 Å². The molecular weight excluding hydrogens is 498 g/mol. The molecule has 0 saturated carbocycles. The van der Waals surface area contributed by atoms with Crippen LogP contribution in [-0.2, 0) is 14.8 Å². The third-order valence-corrected chi connectivity index (χ3v) is 8.52. The second-order valence-electron chi connectivity index (χ2n) is 8.77. The van der Waals surface area contributed by atoms with Crippen LogP contribution in [0.1, 0.15) is 41.7 Å². The van der Waals surface area contributed by atoms with E-state index in [1.54, 1.807) is 36.4 Å². The van der Waals surface area contributed by atoms with E-state index >= 15 is 0 Å². The Labute approximate surface area is 216 Å². The number of halogens is 1. The van der Waals surface area contributed by atoms with Gasteiger partial charge in [0.25, 0.3) is 5.91 Å². The summed E-state index contributed by atoms with van der Waals surface area (Å²) in [5, 5.41) is 6.32. The molecule has 2 amide bonds. The summed E-state index contributed by atoms with van der Waals surface area (Å²) >= 11 is 5.87. The topological polar surface area (TPSA) is 95.6 Å². The molecule has 1 saturated heterocycles. The fourth-order valence-corrected chi connectivity index (χ4v) is 5.83. The van der Waals surface area contributed by atoms with Gasteiger partial charge in [-0.3, -0.25) is 9.59 Å². The summed E-state index contributed by atoms with van der Waals surface area (Å²) < 4.78 is 27.2. The van der Waals surface area contributed by atoms with Crippen LogP contribution in [0.5, 0.6) is 0 Å². The van der Waals surface area contributed by atoms with E-state index in [9.17, 15) is 18.0 Å². The highest BCUT2D eigenvalue weighted by Gasteiger charge is 2.32. The Kier molecular flexibility index (Phi) is 8.08. The number of hydrogen-bond acceptors (Lipinski definition) is 4. The van der Waals surface area contributed by atoms with Crippen LogP contribution in [0, 0.1) is 5.92 Å². The second-order valence-corrected chi connectivity index (χ2v) is 11.1. The molecule has 1 fully saturated rings. The van der Waals surface area contributed by atoms with Crippen LogP contribution in [0.4, 0.5) is 5.69 Å². The van der Waals surface area contributed by atoms with E-state index in [0.29, 0.717) is 29.1 Å². The van der Waals surface area contributed by atoms with Gasteiger partial charge in [0, 0.05) is 24.0 Å². The molecular formula is C27H28ClN3O4S. The average Bonchev–Trinajstić information content (AvgIpc) is 2.89. The summed E-state index contributed by atoms with van der Waals surface area (Å²) in [5.41, 5.74) is 1.78. The van der Waals surface area contributed by atoms with Crippen LogP contribution in [0.15, 0.2) is 83.8 Å². The lowest BCUT2D eigenvalue weighted by Crippen LogP contribution is -2.41. The first kappa shape index (κ1) is 25.9. The molecule has 1 heterocycles. The highest BCUT2D eigenvalue weighted by atomic mass is 35.5. The molecule has 9 heteroatoms. The largest absolute Gasteiger partial charge is 0.345 e. The molecule has 36 heavy (non-hydrogen) atoms. The van der Waals surface area contributed by atoms with Gasteiger partial charge in [0.05, 0.1) is 22.2 Å². The van der Waals surface area contributed by atoms with Gasteiger partial charge in [0.1, 0.15) is 0 Å².